The van der Waals surface area contributed by atoms with Crippen molar-refractivity contribution < 1.29 is 14.6 Å². The lowest BCUT2D eigenvalue weighted by Crippen LogP contribution is -2.26. The molecule has 0 radical (unpaired) electrons. The van der Waals surface area contributed by atoms with Crippen LogP contribution in [0.3, 0.4) is 0 Å². The second kappa shape index (κ2) is 5.08. The smallest absolute Gasteiger partial charge is 0.309 e. The van der Waals surface area contributed by atoms with Crippen LogP contribution in [0.25, 0.3) is 0 Å². The van der Waals surface area contributed by atoms with Crippen LogP contribution in [0, 0.1) is 12.3 Å². The molecule has 0 fully saturated rings. The number of carboxylic acids is 1. The van der Waals surface area contributed by atoms with Gasteiger partial charge in [0.05, 0.1) is 17.0 Å². The van der Waals surface area contributed by atoms with Gasteiger partial charge in [-0.1, -0.05) is 12.1 Å². The Balaban J connectivity index is 3.13. The van der Waals surface area contributed by atoms with Gasteiger partial charge < -0.3 is 9.84 Å². The maximum absolute atomic E-state index is 11.1. The molecule has 0 amide bonds. The molecule has 0 spiro atoms. The molecular weight excluding hydrogens is 284 g/mol. The van der Waals surface area contributed by atoms with Crippen LogP contribution in [0.2, 0.25) is 0 Å². The fourth-order valence-corrected chi connectivity index (χ4v) is 2.38. The van der Waals surface area contributed by atoms with Gasteiger partial charge in [0.1, 0.15) is 5.75 Å². The van der Waals surface area contributed by atoms with E-state index in [1.807, 2.05) is 19.1 Å². The van der Waals surface area contributed by atoms with Gasteiger partial charge in [-0.3, -0.25) is 4.79 Å². The van der Waals surface area contributed by atoms with Crippen LogP contribution in [0.15, 0.2) is 16.6 Å². The summed E-state index contributed by atoms with van der Waals surface area (Å²) in [6.45, 7) is 5.39. The second-order valence-electron chi connectivity index (χ2n) is 4.75. The number of halogens is 1. The minimum absolute atomic E-state index is 0.458. The summed E-state index contributed by atoms with van der Waals surface area (Å²) in [5.74, 6) is -0.0346. The number of hydrogen-bond donors (Lipinski definition) is 1. The molecule has 3 nitrogen and oxygen atoms in total. The summed E-state index contributed by atoms with van der Waals surface area (Å²) < 4.78 is 6.14. The molecule has 0 aromatic heterocycles. The summed E-state index contributed by atoms with van der Waals surface area (Å²) in [4.78, 5) is 11.1. The lowest BCUT2D eigenvalue weighted by molar-refractivity contribution is -0.146. The van der Waals surface area contributed by atoms with Crippen LogP contribution in [0.4, 0.5) is 0 Å². The first-order valence-corrected chi connectivity index (χ1v) is 6.14. The third kappa shape index (κ3) is 3.00. The fraction of sp³-hybridized carbons (Fsp3) is 0.462. The van der Waals surface area contributed by atoms with E-state index in [-0.39, 0.29) is 0 Å². The number of aliphatic carboxylic acids is 1. The highest BCUT2D eigenvalue weighted by molar-refractivity contribution is 9.10. The molecule has 1 N–H and O–H groups in total. The third-order valence-electron chi connectivity index (χ3n) is 2.79. The van der Waals surface area contributed by atoms with Gasteiger partial charge in [-0.25, -0.2) is 0 Å². The molecule has 0 saturated heterocycles. The highest BCUT2D eigenvalue weighted by atomic mass is 79.9. The van der Waals surface area contributed by atoms with Crippen LogP contribution < -0.4 is 4.74 Å². The van der Waals surface area contributed by atoms with E-state index in [0.29, 0.717) is 6.42 Å². The number of methoxy groups -OCH3 is 1. The van der Waals surface area contributed by atoms with Crippen LogP contribution >= 0.6 is 15.9 Å². The maximum atomic E-state index is 11.1. The van der Waals surface area contributed by atoms with Gasteiger partial charge in [-0.15, -0.1) is 0 Å². The van der Waals surface area contributed by atoms with E-state index in [1.165, 1.54) is 0 Å². The molecule has 0 atom stereocenters. The van der Waals surface area contributed by atoms with Crippen molar-refractivity contribution in [2.24, 2.45) is 5.41 Å². The van der Waals surface area contributed by atoms with Crippen LogP contribution in [0.5, 0.6) is 5.75 Å². The van der Waals surface area contributed by atoms with E-state index >= 15 is 0 Å². The zero-order valence-electron chi connectivity index (χ0n) is 10.5. The maximum Gasteiger partial charge on any atom is 0.309 e. The van der Waals surface area contributed by atoms with Gasteiger partial charge in [0, 0.05) is 0 Å². The monoisotopic (exact) mass is 300 g/mol. The number of carboxylic acid groups (broad SMARTS) is 1. The van der Waals surface area contributed by atoms with E-state index in [9.17, 15) is 4.79 Å². The number of rotatable bonds is 4. The average molecular weight is 301 g/mol. The Kier molecular flexibility index (Phi) is 4.20. The van der Waals surface area contributed by atoms with E-state index < -0.39 is 11.4 Å². The van der Waals surface area contributed by atoms with Crippen LogP contribution in [-0.2, 0) is 11.2 Å². The normalized spacial score (nSPS) is 11.4. The Morgan fingerprint density at radius 3 is 2.53 bits per heavy atom. The topological polar surface area (TPSA) is 46.5 Å². The number of ether oxygens (including phenoxy) is 1. The van der Waals surface area contributed by atoms with Gasteiger partial charge in [0.2, 0.25) is 0 Å². The van der Waals surface area contributed by atoms with Crippen LogP contribution in [-0.4, -0.2) is 18.2 Å². The average Bonchev–Trinajstić information content (AvgIpc) is 2.23. The van der Waals surface area contributed by atoms with Crippen molar-refractivity contribution in [3.63, 3.8) is 0 Å². The Morgan fingerprint density at radius 2 is 2.06 bits per heavy atom. The van der Waals surface area contributed by atoms with Gasteiger partial charge >= 0.3 is 5.97 Å². The van der Waals surface area contributed by atoms with Gasteiger partial charge in [-0.05, 0) is 54.2 Å². The lowest BCUT2D eigenvalue weighted by atomic mass is 9.85. The summed E-state index contributed by atoms with van der Waals surface area (Å²) >= 11 is 3.48. The van der Waals surface area contributed by atoms with Crippen molar-refractivity contribution in [3.05, 3.63) is 27.7 Å². The predicted octanol–water partition coefficient (Wildman–Crippen LogP) is 3.42. The summed E-state index contributed by atoms with van der Waals surface area (Å²) in [7, 11) is 1.61. The minimum Gasteiger partial charge on any atom is -0.495 e. The largest absolute Gasteiger partial charge is 0.495 e. The highest BCUT2D eigenvalue weighted by Crippen LogP contribution is 2.35. The zero-order valence-corrected chi connectivity index (χ0v) is 12.1. The molecule has 17 heavy (non-hydrogen) atoms. The van der Waals surface area contributed by atoms with Crippen molar-refractivity contribution in [1.82, 2.24) is 0 Å². The standard InChI is InChI=1S/C13H17BrO3/c1-8-5-6-9(10(14)11(8)17-4)7-13(2,3)12(15)16/h5-6H,7H2,1-4H3,(H,15,16). The van der Waals surface area contributed by atoms with Gasteiger partial charge in [-0.2, -0.15) is 0 Å². The van der Waals surface area contributed by atoms with E-state index in [0.717, 1.165) is 21.3 Å². The third-order valence-corrected chi connectivity index (χ3v) is 3.66. The van der Waals surface area contributed by atoms with Gasteiger partial charge in [0.15, 0.2) is 0 Å². The number of benzene rings is 1. The molecule has 1 aromatic carbocycles. The molecule has 0 bridgehead atoms. The molecule has 1 aromatic rings. The molecular formula is C13H17BrO3. The SMILES string of the molecule is COc1c(C)ccc(CC(C)(C)C(=O)O)c1Br. The summed E-state index contributed by atoms with van der Waals surface area (Å²) in [5, 5.41) is 9.13. The second-order valence-corrected chi connectivity index (χ2v) is 5.55. The zero-order chi connectivity index (χ0) is 13.2. The molecule has 0 aliphatic rings. The molecule has 0 saturated carbocycles. The molecule has 94 valence electrons. The minimum atomic E-state index is -0.802. The molecule has 0 unspecified atom stereocenters. The highest BCUT2D eigenvalue weighted by Gasteiger charge is 2.28. The first-order valence-electron chi connectivity index (χ1n) is 5.35. The summed E-state index contributed by atoms with van der Waals surface area (Å²) in [6.07, 6.45) is 0.458. The fourth-order valence-electron chi connectivity index (χ4n) is 1.63. The van der Waals surface area contributed by atoms with Crippen molar-refractivity contribution in [3.8, 4) is 5.75 Å². The first kappa shape index (κ1) is 14.0. The van der Waals surface area contributed by atoms with Crippen molar-refractivity contribution in [1.29, 1.82) is 0 Å². The predicted molar refractivity (Wildman–Crippen MR) is 70.6 cm³/mol. The van der Waals surface area contributed by atoms with Crippen molar-refractivity contribution in [2.75, 3.05) is 7.11 Å². The van der Waals surface area contributed by atoms with E-state index in [4.69, 9.17) is 9.84 Å². The number of hydrogen-bond acceptors (Lipinski definition) is 2. The van der Waals surface area contributed by atoms with Gasteiger partial charge in [0.25, 0.3) is 0 Å². The molecule has 4 heteroatoms. The molecule has 0 heterocycles. The molecule has 1 rings (SSSR count). The van der Waals surface area contributed by atoms with Crippen molar-refractivity contribution in [2.45, 2.75) is 27.2 Å². The molecule has 0 aliphatic heterocycles. The van der Waals surface area contributed by atoms with E-state index in [1.54, 1.807) is 21.0 Å². The Bertz CT molecular complexity index is 439. The number of carbonyl (C=O) groups is 1. The Labute approximate surface area is 110 Å². The lowest BCUT2D eigenvalue weighted by Gasteiger charge is -2.21. The number of aryl methyl sites for hydroxylation is 1. The quantitative estimate of drug-likeness (QED) is 0.927. The summed E-state index contributed by atoms with van der Waals surface area (Å²) in [5.41, 5.74) is 1.18. The first-order chi connectivity index (χ1) is 7.79. The Morgan fingerprint density at radius 1 is 1.47 bits per heavy atom. The van der Waals surface area contributed by atoms with Crippen molar-refractivity contribution >= 4 is 21.9 Å². The van der Waals surface area contributed by atoms with E-state index in [2.05, 4.69) is 15.9 Å². The Hall–Kier alpha value is -1.03. The molecule has 0 aliphatic carbocycles. The summed E-state index contributed by atoms with van der Waals surface area (Å²) in [6, 6.07) is 3.88. The van der Waals surface area contributed by atoms with Crippen LogP contribution in [0.1, 0.15) is 25.0 Å².